The fourth-order valence-electron chi connectivity index (χ4n) is 4.29. The third kappa shape index (κ3) is 5.86. The zero-order chi connectivity index (χ0) is 20.6. The topological polar surface area (TPSA) is 57.2 Å². The van der Waals surface area contributed by atoms with Crippen LogP contribution in [0, 0.1) is 0 Å². The van der Waals surface area contributed by atoms with Crippen LogP contribution in [0.4, 0.5) is 0 Å². The largest absolute Gasteiger partial charge is 0.493 e. The fraction of sp³-hybridized carbons (Fsp3) is 0.696. The van der Waals surface area contributed by atoms with E-state index in [1.54, 1.807) is 14.2 Å². The summed E-state index contributed by atoms with van der Waals surface area (Å²) in [6, 6.07) is 6.31. The van der Waals surface area contributed by atoms with Crippen LogP contribution in [-0.4, -0.2) is 63.0 Å². The minimum Gasteiger partial charge on any atom is -0.493 e. The van der Waals surface area contributed by atoms with Crippen LogP contribution in [0.3, 0.4) is 0 Å². The zero-order valence-corrected chi connectivity index (χ0v) is 18.0. The van der Waals surface area contributed by atoms with E-state index < -0.39 is 6.10 Å². The van der Waals surface area contributed by atoms with Gasteiger partial charge in [0.25, 0.3) is 5.91 Å². The molecule has 0 saturated carbocycles. The van der Waals surface area contributed by atoms with Gasteiger partial charge in [0.15, 0.2) is 11.5 Å². The summed E-state index contributed by atoms with van der Waals surface area (Å²) >= 11 is 0. The molecule has 2 fully saturated rings. The number of aryl methyl sites for hydroxylation is 1. The van der Waals surface area contributed by atoms with Crippen LogP contribution in [0.25, 0.3) is 0 Å². The van der Waals surface area contributed by atoms with Crippen molar-refractivity contribution in [1.29, 1.82) is 0 Å². The predicted molar refractivity (Wildman–Crippen MR) is 112 cm³/mol. The third-order valence-electron chi connectivity index (χ3n) is 6.03. The second kappa shape index (κ2) is 10.8. The van der Waals surface area contributed by atoms with E-state index in [9.17, 15) is 4.79 Å². The Morgan fingerprint density at radius 1 is 1.17 bits per heavy atom. The summed E-state index contributed by atoms with van der Waals surface area (Å²) in [4.78, 5) is 15.1. The summed E-state index contributed by atoms with van der Waals surface area (Å²) in [5.41, 5.74) is 1.20. The van der Waals surface area contributed by atoms with E-state index in [4.69, 9.17) is 18.9 Å². The van der Waals surface area contributed by atoms with Crippen LogP contribution >= 0.6 is 0 Å². The van der Waals surface area contributed by atoms with E-state index >= 15 is 0 Å². The van der Waals surface area contributed by atoms with Crippen LogP contribution in [0.15, 0.2) is 18.2 Å². The number of piperidine rings is 1. The summed E-state index contributed by atoms with van der Waals surface area (Å²) in [5.74, 6) is 1.60. The average Bonchev–Trinajstić information content (AvgIpc) is 3.29. The number of carbonyl (C=O) groups is 1. The second-order valence-electron chi connectivity index (χ2n) is 8.02. The number of methoxy groups -OCH3 is 2. The summed E-state index contributed by atoms with van der Waals surface area (Å²) in [5, 5.41) is 0. The Hall–Kier alpha value is -1.79. The number of hydrogen-bond donors (Lipinski definition) is 0. The van der Waals surface area contributed by atoms with Crippen LogP contribution in [0.2, 0.25) is 0 Å². The normalized spacial score (nSPS) is 23.1. The van der Waals surface area contributed by atoms with Crippen molar-refractivity contribution in [1.82, 2.24) is 4.90 Å². The molecule has 0 bridgehead atoms. The van der Waals surface area contributed by atoms with E-state index in [1.165, 1.54) is 12.0 Å². The van der Waals surface area contributed by atoms with Gasteiger partial charge < -0.3 is 23.8 Å². The molecule has 162 valence electrons. The summed E-state index contributed by atoms with van der Waals surface area (Å²) < 4.78 is 22.2. The van der Waals surface area contributed by atoms with Gasteiger partial charge in [0.05, 0.1) is 26.9 Å². The van der Waals surface area contributed by atoms with Gasteiger partial charge in [0.2, 0.25) is 0 Å². The molecular formula is C23H35NO5. The highest BCUT2D eigenvalue weighted by atomic mass is 16.5. The highest BCUT2D eigenvalue weighted by Crippen LogP contribution is 2.29. The van der Waals surface area contributed by atoms with Gasteiger partial charge in [0.1, 0.15) is 6.10 Å². The molecule has 2 heterocycles. The lowest BCUT2D eigenvalue weighted by Crippen LogP contribution is -2.48. The Balaban J connectivity index is 1.55. The first-order chi connectivity index (χ1) is 14.1. The van der Waals surface area contributed by atoms with Gasteiger partial charge in [-0.05, 0) is 69.6 Å². The number of likely N-dealkylation sites (tertiary alicyclic amines) is 1. The zero-order valence-electron chi connectivity index (χ0n) is 18.0. The van der Waals surface area contributed by atoms with Gasteiger partial charge in [-0.25, -0.2) is 0 Å². The minimum atomic E-state index is -0.416. The molecule has 0 aliphatic carbocycles. The molecule has 6 heteroatoms. The molecule has 2 aliphatic rings. The van der Waals surface area contributed by atoms with Crippen molar-refractivity contribution in [2.75, 3.05) is 34.0 Å². The van der Waals surface area contributed by atoms with Crippen molar-refractivity contribution < 1.29 is 23.7 Å². The first kappa shape index (κ1) is 21.9. The quantitative estimate of drug-likeness (QED) is 0.628. The maximum atomic E-state index is 13.0. The first-order valence-corrected chi connectivity index (χ1v) is 10.9. The number of benzene rings is 1. The van der Waals surface area contributed by atoms with Crippen LogP contribution < -0.4 is 9.47 Å². The van der Waals surface area contributed by atoms with Crippen molar-refractivity contribution in [3.05, 3.63) is 23.8 Å². The molecule has 0 radical (unpaired) electrons. The highest BCUT2D eigenvalue weighted by molar-refractivity contribution is 5.81. The summed E-state index contributed by atoms with van der Waals surface area (Å²) in [6.45, 7) is 4.01. The molecule has 1 aromatic carbocycles. The van der Waals surface area contributed by atoms with Crippen molar-refractivity contribution in [3.63, 3.8) is 0 Å². The van der Waals surface area contributed by atoms with E-state index in [-0.39, 0.29) is 18.1 Å². The Morgan fingerprint density at radius 3 is 2.72 bits per heavy atom. The highest BCUT2D eigenvalue weighted by Gasteiger charge is 2.30. The maximum absolute atomic E-state index is 13.0. The molecule has 3 unspecified atom stereocenters. The van der Waals surface area contributed by atoms with Gasteiger partial charge in [-0.1, -0.05) is 6.07 Å². The fourth-order valence-corrected chi connectivity index (χ4v) is 4.29. The van der Waals surface area contributed by atoms with Gasteiger partial charge in [-0.2, -0.15) is 0 Å². The summed E-state index contributed by atoms with van der Waals surface area (Å²) in [7, 11) is 3.30. The number of ether oxygens (including phenoxy) is 4. The Labute approximate surface area is 174 Å². The predicted octanol–water partition coefficient (Wildman–Crippen LogP) is 3.60. The molecule has 1 amide bonds. The minimum absolute atomic E-state index is 0.111. The molecule has 0 spiro atoms. The van der Waals surface area contributed by atoms with E-state index in [1.807, 2.05) is 24.0 Å². The second-order valence-corrected chi connectivity index (χ2v) is 8.02. The molecule has 1 aromatic rings. The molecule has 3 atom stereocenters. The van der Waals surface area contributed by atoms with Crippen molar-refractivity contribution >= 4 is 5.91 Å². The number of carbonyl (C=O) groups excluding carboxylic acids is 1. The van der Waals surface area contributed by atoms with Crippen LogP contribution in [0.1, 0.15) is 51.0 Å². The molecule has 6 nitrogen and oxygen atoms in total. The van der Waals surface area contributed by atoms with Gasteiger partial charge in [-0.3, -0.25) is 4.79 Å². The molecular weight excluding hydrogens is 370 g/mol. The number of rotatable bonds is 9. The number of nitrogens with zero attached hydrogens (tertiary/aromatic N) is 1. The van der Waals surface area contributed by atoms with Crippen molar-refractivity contribution in [2.45, 2.75) is 70.1 Å². The Bertz CT molecular complexity index is 659. The molecule has 0 N–H and O–H groups in total. The standard InChI is InChI=1S/C23H35NO5/c1-17(29-16-20-8-6-14-28-20)23(25)24-13-5-4-7-19(24)11-9-18-10-12-21(26-2)22(15-18)27-3/h10,12,15,17,19-20H,4-9,11,13-14,16H2,1-3H3. The lowest BCUT2D eigenvalue weighted by molar-refractivity contribution is -0.148. The molecule has 29 heavy (non-hydrogen) atoms. The number of hydrogen-bond acceptors (Lipinski definition) is 5. The van der Waals surface area contributed by atoms with E-state index in [0.29, 0.717) is 6.61 Å². The smallest absolute Gasteiger partial charge is 0.251 e. The van der Waals surface area contributed by atoms with Gasteiger partial charge >= 0.3 is 0 Å². The Morgan fingerprint density at radius 2 is 2.00 bits per heavy atom. The van der Waals surface area contributed by atoms with Crippen LogP contribution in [0.5, 0.6) is 11.5 Å². The summed E-state index contributed by atoms with van der Waals surface area (Å²) in [6.07, 6.45) is 6.98. The maximum Gasteiger partial charge on any atom is 0.251 e. The van der Waals surface area contributed by atoms with Gasteiger partial charge in [0, 0.05) is 19.2 Å². The SMILES string of the molecule is COc1ccc(CCC2CCCCN2C(=O)C(C)OCC2CCCO2)cc1OC. The molecule has 2 aliphatic heterocycles. The van der Waals surface area contributed by atoms with Crippen molar-refractivity contribution in [2.24, 2.45) is 0 Å². The molecule has 3 rings (SSSR count). The first-order valence-electron chi connectivity index (χ1n) is 10.9. The lowest BCUT2D eigenvalue weighted by Gasteiger charge is -2.37. The van der Waals surface area contributed by atoms with E-state index in [0.717, 1.165) is 63.2 Å². The molecule has 0 aromatic heterocycles. The lowest BCUT2D eigenvalue weighted by atomic mass is 9.95. The number of amides is 1. The van der Waals surface area contributed by atoms with Crippen LogP contribution in [-0.2, 0) is 20.7 Å². The molecule has 2 saturated heterocycles. The van der Waals surface area contributed by atoms with E-state index in [2.05, 4.69) is 6.07 Å². The van der Waals surface area contributed by atoms with Crippen molar-refractivity contribution in [3.8, 4) is 11.5 Å². The Kier molecular flexibility index (Phi) is 8.19. The average molecular weight is 406 g/mol. The monoisotopic (exact) mass is 405 g/mol. The third-order valence-corrected chi connectivity index (χ3v) is 6.03. The van der Waals surface area contributed by atoms with Gasteiger partial charge in [-0.15, -0.1) is 0 Å².